The zero-order valence-corrected chi connectivity index (χ0v) is 20.0. The SMILES string of the molecule is CCOC(=O)C1=C(COC(=O)[C@H]2CC(=O)N(C3CCCC3)C2)NC(=O)N[C@H]1c1ccc(OC)cc1. The highest BCUT2D eigenvalue weighted by Gasteiger charge is 2.40. The van der Waals surface area contributed by atoms with Gasteiger partial charge in [-0.15, -0.1) is 0 Å². The molecule has 0 bridgehead atoms. The predicted molar refractivity (Wildman–Crippen MR) is 124 cm³/mol. The Hall–Kier alpha value is -3.56. The molecule has 0 unspecified atom stereocenters. The Morgan fingerprint density at radius 2 is 1.80 bits per heavy atom. The van der Waals surface area contributed by atoms with Gasteiger partial charge in [0.05, 0.1) is 36.9 Å². The molecule has 3 amide bonds. The highest BCUT2D eigenvalue weighted by Crippen LogP contribution is 2.31. The number of hydrogen-bond acceptors (Lipinski definition) is 7. The molecule has 35 heavy (non-hydrogen) atoms. The third kappa shape index (κ3) is 5.41. The number of benzene rings is 1. The number of nitrogens with one attached hydrogen (secondary N) is 2. The summed E-state index contributed by atoms with van der Waals surface area (Å²) in [6.07, 6.45) is 4.24. The van der Waals surface area contributed by atoms with Gasteiger partial charge in [0, 0.05) is 19.0 Å². The number of carbonyl (C=O) groups is 4. The number of urea groups is 1. The molecule has 2 fully saturated rings. The summed E-state index contributed by atoms with van der Waals surface area (Å²) in [5.41, 5.74) is 0.943. The van der Waals surface area contributed by atoms with E-state index in [1.165, 1.54) is 0 Å². The quantitative estimate of drug-likeness (QED) is 0.541. The van der Waals surface area contributed by atoms with Crippen LogP contribution in [0.1, 0.15) is 50.6 Å². The molecule has 1 aliphatic carbocycles. The molecule has 0 radical (unpaired) electrons. The second-order valence-electron chi connectivity index (χ2n) is 8.91. The molecule has 0 spiro atoms. The van der Waals surface area contributed by atoms with Crippen molar-refractivity contribution in [3.05, 3.63) is 41.1 Å². The van der Waals surface area contributed by atoms with Crippen LogP contribution in [0.2, 0.25) is 0 Å². The zero-order valence-electron chi connectivity index (χ0n) is 20.0. The van der Waals surface area contributed by atoms with Crippen LogP contribution in [-0.4, -0.2) is 61.7 Å². The topological polar surface area (TPSA) is 123 Å². The summed E-state index contributed by atoms with van der Waals surface area (Å²) in [5.74, 6) is -1.12. The largest absolute Gasteiger partial charge is 0.497 e. The number of likely N-dealkylation sites (tertiary alicyclic amines) is 1. The molecule has 10 nitrogen and oxygen atoms in total. The van der Waals surface area contributed by atoms with E-state index in [0.29, 0.717) is 17.9 Å². The summed E-state index contributed by atoms with van der Waals surface area (Å²) in [5, 5.41) is 5.32. The van der Waals surface area contributed by atoms with Gasteiger partial charge in [-0.1, -0.05) is 25.0 Å². The third-order valence-corrected chi connectivity index (χ3v) is 6.71. The number of ether oxygens (including phenoxy) is 3. The van der Waals surface area contributed by atoms with Crippen molar-refractivity contribution in [2.45, 2.75) is 51.1 Å². The molecule has 1 saturated carbocycles. The standard InChI is InChI=1S/C25H31N3O7/c1-3-34-24(31)21-19(26-25(32)27-22(21)15-8-10-18(33-2)11-9-15)14-35-23(30)16-12-20(29)28(13-16)17-6-4-5-7-17/h8-11,16-17,22H,3-7,12-14H2,1-2H3,(H2,26,27,32)/t16-,22-/m0/s1. The van der Waals surface area contributed by atoms with Crippen molar-refractivity contribution in [2.24, 2.45) is 5.92 Å². The predicted octanol–water partition coefficient (Wildman–Crippen LogP) is 2.20. The van der Waals surface area contributed by atoms with Crippen LogP contribution in [0.15, 0.2) is 35.5 Å². The minimum Gasteiger partial charge on any atom is -0.497 e. The Morgan fingerprint density at radius 1 is 1.09 bits per heavy atom. The summed E-state index contributed by atoms with van der Waals surface area (Å²) < 4.78 is 15.9. The molecule has 1 saturated heterocycles. The van der Waals surface area contributed by atoms with Gasteiger partial charge in [-0.2, -0.15) is 0 Å². The van der Waals surface area contributed by atoms with Crippen molar-refractivity contribution in [3.8, 4) is 5.75 Å². The van der Waals surface area contributed by atoms with E-state index in [1.807, 2.05) is 0 Å². The van der Waals surface area contributed by atoms with Crippen LogP contribution < -0.4 is 15.4 Å². The van der Waals surface area contributed by atoms with Crippen molar-refractivity contribution in [1.82, 2.24) is 15.5 Å². The molecule has 1 aromatic rings. The van der Waals surface area contributed by atoms with Crippen molar-refractivity contribution in [3.63, 3.8) is 0 Å². The molecule has 2 heterocycles. The fourth-order valence-electron chi connectivity index (χ4n) is 4.95. The molecule has 2 atom stereocenters. The molecule has 2 aliphatic heterocycles. The van der Waals surface area contributed by atoms with Gasteiger partial charge >= 0.3 is 18.0 Å². The number of nitrogens with zero attached hydrogens (tertiary/aromatic N) is 1. The first kappa shape index (κ1) is 24.6. The first-order chi connectivity index (χ1) is 16.9. The molecule has 1 aromatic carbocycles. The Kier molecular flexibility index (Phi) is 7.57. The number of rotatable bonds is 8. The second kappa shape index (κ2) is 10.8. The monoisotopic (exact) mass is 485 g/mol. The molecule has 2 N–H and O–H groups in total. The lowest BCUT2D eigenvalue weighted by Crippen LogP contribution is -2.47. The van der Waals surface area contributed by atoms with E-state index < -0.39 is 29.9 Å². The van der Waals surface area contributed by atoms with Crippen molar-refractivity contribution in [1.29, 1.82) is 0 Å². The molecular formula is C25H31N3O7. The first-order valence-electron chi connectivity index (χ1n) is 12.0. The Balaban J connectivity index is 1.51. The van der Waals surface area contributed by atoms with Crippen LogP contribution in [-0.2, 0) is 23.9 Å². The number of esters is 2. The van der Waals surface area contributed by atoms with E-state index >= 15 is 0 Å². The van der Waals surface area contributed by atoms with Gasteiger partial charge in [-0.3, -0.25) is 9.59 Å². The number of methoxy groups -OCH3 is 1. The lowest BCUT2D eigenvalue weighted by atomic mass is 9.95. The molecule has 0 aromatic heterocycles. The van der Waals surface area contributed by atoms with Crippen LogP contribution in [0.25, 0.3) is 0 Å². The van der Waals surface area contributed by atoms with Crippen molar-refractivity contribution < 1.29 is 33.4 Å². The lowest BCUT2D eigenvalue weighted by molar-refractivity contribution is -0.148. The maximum absolute atomic E-state index is 12.9. The smallest absolute Gasteiger partial charge is 0.338 e. The van der Waals surface area contributed by atoms with Crippen LogP contribution in [0.4, 0.5) is 4.79 Å². The fourth-order valence-corrected chi connectivity index (χ4v) is 4.95. The number of amides is 3. The van der Waals surface area contributed by atoms with E-state index in [2.05, 4.69) is 10.6 Å². The van der Waals surface area contributed by atoms with Crippen molar-refractivity contribution in [2.75, 3.05) is 26.9 Å². The van der Waals surface area contributed by atoms with E-state index in [4.69, 9.17) is 14.2 Å². The zero-order chi connectivity index (χ0) is 24.9. The normalized spacial score (nSPS) is 22.6. The van der Waals surface area contributed by atoms with Crippen LogP contribution in [0, 0.1) is 5.92 Å². The van der Waals surface area contributed by atoms with Crippen LogP contribution in [0.5, 0.6) is 5.75 Å². The third-order valence-electron chi connectivity index (χ3n) is 6.71. The maximum atomic E-state index is 12.9. The van der Waals surface area contributed by atoms with Crippen LogP contribution in [0.3, 0.4) is 0 Å². The van der Waals surface area contributed by atoms with Gasteiger partial charge in [0.15, 0.2) is 0 Å². The fraction of sp³-hybridized carbons (Fsp3) is 0.520. The Labute approximate surface area is 204 Å². The lowest BCUT2D eigenvalue weighted by Gasteiger charge is -2.29. The molecule has 188 valence electrons. The van der Waals surface area contributed by atoms with Crippen LogP contribution >= 0.6 is 0 Å². The summed E-state index contributed by atoms with van der Waals surface area (Å²) in [4.78, 5) is 52.4. The van der Waals surface area contributed by atoms with Gasteiger partial charge in [0.2, 0.25) is 5.91 Å². The highest BCUT2D eigenvalue weighted by atomic mass is 16.5. The first-order valence-corrected chi connectivity index (χ1v) is 12.0. The highest BCUT2D eigenvalue weighted by molar-refractivity contribution is 5.95. The molecule has 3 aliphatic rings. The summed E-state index contributed by atoms with van der Waals surface area (Å²) >= 11 is 0. The van der Waals surface area contributed by atoms with E-state index in [0.717, 1.165) is 25.7 Å². The van der Waals surface area contributed by atoms with E-state index in [9.17, 15) is 19.2 Å². The summed E-state index contributed by atoms with van der Waals surface area (Å²) in [7, 11) is 1.54. The summed E-state index contributed by atoms with van der Waals surface area (Å²) in [6, 6.07) is 5.78. The molecular weight excluding hydrogens is 454 g/mol. The van der Waals surface area contributed by atoms with Gasteiger partial charge in [-0.25, -0.2) is 9.59 Å². The maximum Gasteiger partial charge on any atom is 0.338 e. The number of hydrogen-bond donors (Lipinski definition) is 2. The average Bonchev–Trinajstić information content (AvgIpc) is 3.52. The second-order valence-corrected chi connectivity index (χ2v) is 8.91. The Bertz CT molecular complexity index is 1010. The van der Waals surface area contributed by atoms with Gasteiger partial charge in [0.25, 0.3) is 0 Å². The minimum absolute atomic E-state index is 0.0278. The van der Waals surface area contributed by atoms with E-state index in [1.54, 1.807) is 43.2 Å². The number of carbonyl (C=O) groups excluding carboxylic acids is 4. The van der Waals surface area contributed by atoms with E-state index in [-0.39, 0.29) is 42.9 Å². The average molecular weight is 486 g/mol. The van der Waals surface area contributed by atoms with Gasteiger partial charge < -0.3 is 29.7 Å². The summed E-state index contributed by atoms with van der Waals surface area (Å²) in [6.45, 7) is 1.85. The van der Waals surface area contributed by atoms with Gasteiger partial charge in [0.1, 0.15) is 12.4 Å². The molecule has 4 rings (SSSR count). The minimum atomic E-state index is -0.798. The Morgan fingerprint density at radius 3 is 2.46 bits per heavy atom. The van der Waals surface area contributed by atoms with Crippen molar-refractivity contribution >= 4 is 23.9 Å². The molecule has 10 heteroatoms. The van der Waals surface area contributed by atoms with Gasteiger partial charge in [-0.05, 0) is 37.5 Å².